The van der Waals surface area contributed by atoms with Crippen molar-refractivity contribution in [3.05, 3.63) is 0 Å². The van der Waals surface area contributed by atoms with E-state index in [4.69, 9.17) is 5.73 Å². The average Bonchev–Trinajstić information content (AvgIpc) is 1.87. The van der Waals surface area contributed by atoms with Gasteiger partial charge in [-0.1, -0.05) is 13.3 Å². The van der Waals surface area contributed by atoms with Crippen molar-refractivity contribution in [2.75, 3.05) is 14.1 Å². The molecular weight excluding hydrogens is 154 g/mol. The van der Waals surface area contributed by atoms with Crippen molar-refractivity contribution in [1.29, 1.82) is 0 Å². The van der Waals surface area contributed by atoms with E-state index >= 15 is 0 Å². The third kappa shape index (κ3) is 16.1. The van der Waals surface area contributed by atoms with Crippen LogP contribution < -0.4 is 16.4 Å². The minimum atomic E-state index is -0.434. The smallest absolute Gasteiger partial charge is 0.312 e. The van der Waals surface area contributed by atoms with Crippen LogP contribution in [0.2, 0.25) is 0 Å². The highest BCUT2D eigenvalue weighted by Gasteiger charge is 1.99. The SMILES string of the molecule is CCCC(C)NC(N)=O.CNC. The first-order chi connectivity index (χ1) is 5.58. The molecule has 0 heterocycles. The summed E-state index contributed by atoms with van der Waals surface area (Å²) in [5.74, 6) is 0. The molecule has 4 heteroatoms. The van der Waals surface area contributed by atoms with E-state index in [1.54, 1.807) is 0 Å². The molecule has 0 aliphatic rings. The molecule has 1 atom stereocenters. The van der Waals surface area contributed by atoms with Crippen molar-refractivity contribution in [3.63, 3.8) is 0 Å². The Labute approximate surface area is 74.9 Å². The average molecular weight is 175 g/mol. The molecule has 0 aromatic carbocycles. The van der Waals surface area contributed by atoms with Gasteiger partial charge in [0.1, 0.15) is 0 Å². The summed E-state index contributed by atoms with van der Waals surface area (Å²) in [7, 11) is 3.75. The van der Waals surface area contributed by atoms with E-state index in [9.17, 15) is 4.79 Å². The lowest BCUT2D eigenvalue weighted by Crippen LogP contribution is -2.36. The largest absolute Gasteiger partial charge is 0.352 e. The molecule has 74 valence electrons. The van der Waals surface area contributed by atoms with E-state index in [1.807, 2.05) is 21.0 Å². The molecule has 0 rings (SSSR count). The molecule has 0 spiro atoms. The van der Waals surface area contributed by atoms with Crippen LogP contribution >= 0.6 is 0 Å². The van der Waals surface area contributed by atoms with Gasteiger partial charge in [0.25, 0.3) is 0 Å². The van der Waals surface area contributed by atoms with Crippen molar-refractivity contribution in [2.45, 2.75) is 32.7 Å². The zero-order chi connectivity index (χ0) is 9.98. The van der Waals surface area contributed by atoms with E-state index < -0.39 is 6.03 Å². The third-order valence-electron chi connectivity index (χ3n) is 1.11. The second-order valence-electron chi connectivity index (χ2n) is 2.70. The Kier molecular flexibility index (Phi) is 11.8. The molecule has 0 fully saturated rings. The van der Waals surface area contributed by atoms with E-state index in [0.29, 0.717) is 0 Å². The highest BCUT2D eigenvalue weighted by molar-refractivity contribution is 5.71. The zero-order valence-electron chi connectivity index (χ0n) is 8.48. The number of amides is 2. The van der Waals surface area contributed by atoms with Gasteiger partial charge < -0.3 is 16.4 Å². The van der Waals surface area contributed by atoms with Crippen LogP contribution in [0.4, 0.5) is 4.79 Å². The van der Waals surface area contributed by atoms with E-state index in [2.05, 4.69) is 17.6 Å². The molecule has 0 saturated carbocycles. The molecule has 0 aliphatic heterocycles. The highest BCUT2D eigenvalue weighted by atomic mass is 16.2. The Balaban J connectivity index is 0. The van der Waals surface area contributed by atoms with Gasteiger partial charge in [0.15, 0.2) is 0 Å². The van der Waals surface area contributed by atoms with Crippen LogP contribution in [0.1, 0.15) is 26.7 Å². The van der Waals surface area contributed by atoms with Crippen LogP contribution in [-0.2, 0) is 0 Å². The van der Waals surface area contributed by atoms with Gasteiger partial charge in [-0.3, -0.25) is 0 Å². The van der Waals surface area contributed by atoms with Crippen molar-refractivity contribution >= 4 is 6.03 Å². The Morgan fingerprint density at radius 1 is 1.50 bits per heavy atom. The normalized spacial score (nSPS) is 11.0. The molecule has 0 bridgehead atoms. The number of hydrogen-bond donors (Lipinski definition) is 3. The maximum Gasteiger partial charge on any atom is 0.312 e. The molecule has 2 amide bonds. The highest BCUT2D eigenvalue weighted by Crippen LogP contribution is 1.92. The molecular formula is C8H21N3O. The summed E-state index contributed by atoms with van der Waals surface area (Å²) in [6, 6.07) is -0.219. The van der Waals surface area contributed by atoms with Gasteiger partial charge in [0, 0.05) is 6.04 Å². The summed E-state index contributed by atoms with van der Waals surface area (Å²) in [5, 5.41) is 5.33. The lowest BCUT2D eigenvalue weighted by atomic mass is 10.2. The fraction of sp³-hybridized carbons (Fsp3) is 0.875. The molecule has 0 saturated heterocycles. The number of rotatable bonds is 3. The third-order valence-corrected chi connectivity index (χ3v) is 1.11. The number of hydrogen-bond acceptors (Lipinski definition) is 2. The summed E-state index contributed by atoms with van der Waals surface area (Å²) in [6.45, 7) is 4.01. The molecule has 4 nitrogen and oxygen atoms in total. The van der Waals surface area contributed by atoms with Crippen LogP contribution in [0.25, 0.3) is 0 Å². The van der Waals surface area contributed by atoms with Gasteiger partial charge >= 0.3 is 6.03 Å². The maximum absolute atomic E-state index is 10.2. The van der Waals surface area contributed by atoms with E-state index in [-0.39, 0.29) is 6.04 Å². The van der Waals surface area contributed by atoms with Crippen molar-refractivity contribution < 1.29 is 4.79 Å². The second-order valence-corrected chi connectivity index (χ2v) is 2.70. The first-order valence-corrected chi connectivity index (χ1v) is 4.22. The predicted molar refractivity (Wildman–Crippen MR) is 52.1 cm³/mol. The van der Waals surface area contributed by atoms with Gasteiger partial charge in [-0.15, -0.1) is 0 Å². The molecule has 0 aromatic rings. The monoisotopic (exact) mass is 175 g/mol. The fourth-order valence-corrected chi connectivity index (χ4v) is 0.748. The summed E-state index contributed by atoms with van der Waals surface area (Å²) in [5.41, 5.74) is 4.87. The number of nitrogens with one attached hydrogen (secondary N) is 2. The summed E-state index contributed by atoms with van der Waals surface area (Å²) in [4.78, 5) is 10.2. The molecule has 12 heavy (non-hydrogen) atoms. The quantitative estimate of drug-likeness (QED) is 0.590. The van der Waals surface area contributed by atoms with Crippen LogP contribution in [0, 0.1) is 0 Å². The molecule has 0 aromatic heterocycles. The first-order valence-electron chi connectivity index (χ1n) is 4.22. The lowest BCUT2D eigenvalue weighted by Gasteiger charge is -2.08. The standard InChI is InChI=1S/C6H14N2O.C2H7N/c1-3-4-5(2)8-6(7)9;1-3-2/h5H,3-4H2,1-2H3,(H3,7,8,9);3H,1-2H3. The topological polar surface area (TPSA) is 67.1 Å². The first kappa shape index (κ1) is 13.8. The van der Waals surface area contributed by atoms with Crippen molar-refractivity contribution in [1.82, 2.24) is 10.6 Å². The summed E-state index contributed by atoms with van der Waals surface area (Å²) < 4.78 is 0. The lowest BCUT2D eigenvalue weighted by molar-refractivity contribution is 0.245. The number of nitrogens with two attached hydrogens (primary N) is 1. The summed E-state index contributed by atoms with van der Waals surface area (Å²) >= 11 is 0. The van der Waals surface area contributed by atoms with Crippen LogP contribution in [0.3, 0.4) is 0 Å². The van der Waals surface area contributed by atoms with Gasteiger partial charge in [0.2, 0.25) is 0 Å². The van der Waals surface area contributed by atoms with E-state index in [0.717, 1.165) is 12.8 Å². The minimum absolute atomic E-state index is 0.215. The number of urea groups is 1. The van der Waals surface area contributed by atoms with Crippen molar-refractivity contribution in [3.8, 4) is 0 Å². The van der Waals surface area contributed by atoms with Crippen LogP contribution in [0.15, 0.2) is 0 Å². The summed E-state index contributed by atoms with van der Waals surface area (Å²) in [6.07, 6.45) is 2.06. The molecule has 0 radical (unpaired) electrons. The van der Waals surface area contributed by atoms with Crippen molar-refractivity contribution in [2.24, 2.45) is 5.73 Å². The second kappa shape index (κ2) is 10.2. The maximum atomic E-state index is 10.2. The minimum Gasteiger partial charge on any atom is -0.352 e. The Morgan fingerprint density at radius 3 is 2.17 bits per heavy atom. The molecule has 1 unspecified atom stereocenters. The van der Waals surface area contributed by atoms with E-state index in [1.165, 1.54) is 0 Å². The number of carbonyl (C=O) groups is 1. The van der Waals surface area contributed by atoms with Gasteiger partial charge in [-0.05, 0) is 27.4 Å². The predicted octanol–water partition coefficient (Wildman–Crippen LogP) is 0.679. The van der Waals surface area contributed by atoms with Gasteiger partial charge in [-0.2, -0.15) is 0 Å². The molecule has 0 aliphatic carbocycles. The number of primary amides is 1. The van der Waals surface area contributed by atoms with Gasteiger partial charge in [0.05, 0.1) is 0 Å². The van der Waals surface area contributed by atoms with Gasteiger partial charge in [-0.25, -0.2) is 4.79 Å². The fourth-order valence-electron chi connectivity index (χ4n) is 0.748. The Bertz CT molecular complexity index is 106. The van der Waals surface area contributed by atoms with Crippen LogP contribution in [0.5, 0.6) is 0 Å². The van der Waals surface area contributed by atoms with Crippen LogP contribution in [-0.4, -0.2) is 26.2 Å². The molecule has 4 N–H and O–H groups in total. The number of carbonyl (C=O) groups excluding carboxylic acids is 1. The Hall–Kier alpha value is -0.770. The zero-order valence-corrected chi connectivity index (χ0v) is 8.48. The Morgan fingerprint density at radius 2 is 1.92 bits per heavy atom.